The van der Waals surface area contributed by atoms with Crippen LogP contribution >= 0.6 is 0 Å². The lowest BCUT2D eigenvalue weighted by atomic mass is 9.99. The minimum absolute atomic E-state index is 0.0361. The van der Waals surface area contributed by atoms with Gasteiger partial charge in [0, 0.05) is 56.4 Å². The average molecular weight is 889 g/mol. The number of hydrogen-bond donors (Lipinski definition) is 4. The van der Waals surface area contributed by atoms with Gasteiger partial charge in [-0.05, 0) is 79.3 Å². The van der Waals surface area contributed by atoms with Gasteiger partial charge in [0.05, 0.1) is 62.8 Å². The number of nitrogens with one attached hydrogen (secondary N) is 4. The van der Waals surface area contributed by atoms with Crippen LogP contribution in [0, 0.1) is 13.8 Å². The summed E-state index contributed by atoms with van der Waals surface area (Å²) in [5.41, 5.74) is 8.09. The fourth-order valence-corrected chi connectivity index (χ4v) is 8.06. The molecule has 1 atom stereocenters. The number of hydrogen-bond acceptors (Lipinski definition) is 15. The van der Waals surface area contributed by atoms with E-state index in [2.05, 4.69) is 63.4 Å². The molecule has 0 spiro atoms. The third-order valence-corrected chi connectivity index (χ3v) is 11.5. The minimum atomic E-state index is -1.01. The summed E-state index contributed by atoms with van der Waals surface area (Å²) >= 11 is 0. The molecule has 0 bridgehead atoms. The molecule has 3 aromatic carbocycles. The van der Waals surface area contributed by atoms with Crippen LogP contribution < -0.4 is 21.3 Å². The molecule has 1 unspecified atom stereocenters. The molecule has 1 fully saturated rings. The summed E-state index contributed by atoms with van der Waals surface area (Å²) in [4.78, 5) is 74.9. The normalized spacial score (nSPS) is 15.9. The largest absolute Gasteiger partial charge is 0.383 e. The number of carbonyl (C=O) groups is 5. The maximum atomic E-state index is 13.0. The Morgan fingerprint density at radius 1 is 0.800 bits per heavy atom. The maximum Gasteiger partial charge on any atom is 0.262 e. The number of benzene rings is 3. The minimum Gasteiger partial charge on any atom is -0.383 e. The summed E-state index contributed by atoms with van der Waals surface area (Å²) in [6, 6.07) is 16.1. The Hall–Kier alpha value is -6.80. The SMILES string of the molecule is Cc1cccc(C)c1Nc1nn(C)c2nc(Nc3ccc4c(c3)CN(C(=O)COCCOCCOCCOCCNc3ccc5c(c3)C(=O)N(C3CCC(=O)NC3=O)C5=O)CC4)ncc12. The molecule has 4 N–H and O–H groups in total. The van der Waals surface area contributed by atoms with Crippen LogP contribution in [-0.2, 0) is 53.3 Å². The third-order valence-electron chi connectivity index (χ3n) is 11.5. The van der Waals surface area contributed by atoms with Crippen molar-refractivity contribution in [3.05, 3.63) is 94.2 Å². The summed E-state index contributed by atoms with van der Waals surface area (Å²) in [5, 5.41) is 17.6. The van der Waals surface area contributed by atoms with Crippen LogP contribution in [0.4, 0.5) is 28.8 Å². The van der Waals surface area contributed by atoms with Crippen LogP contribution in [0.5, 0.6) is 0 Å². The van der Waals surface area contributed by atoms with E-state index in [0.29, 0.717) is 82.4 Å². The van der Waals surface area contributed by atoms with E-state index in [-0.39, 0.29) is 43.1 Å². The van der Waals surface area contributed by atoms with Crippen molar-refractivity contribution >= 4 is 69.4 Å². The highest BCUT2D eigenvalue weighted by atomic mass is 16.6. The smallest absolute Gasteiger partial charge is 0.262 e. The first-order valence-electron chi connectivity index (χ1n) is 21.6. The molecule has 3 aliphatic rings. The van der Waals surface area contributed by atoms with Crippen molar-refractivity contribution in [2.75, 3.05) is 81.9 Å². The molecular formula is C46H52N10O9. The number of piperidine rings is 1. The van der Waals surface area contributed by atoms with E-state index in [1.165, 1.54) is 5.56 Å². The summed E-state index contributed by atoms with van der Waals surface area (Å²) in [7, 11) is 1.86. The zero-order chi connectivity index (χ0) is 45.5. The number of fused-ring (bicyclic) bond motifs is 3. The van der Waals surface area contributed by atoms with Crippen molar-refractivity contribution in [3.63, 3.8) is 0 Å². The van der Waals surface area contributed by atoms with E-state index in [1.54, 1.807) is 34.0 Å². The Labute approximate surface area is 375 Å². The predicted octanol–water partition coefficient (Wildman–Crippen LogP) is 3.93. The predicted molar refractivity (Wildman–Crippen MR) is 239 cm³/mol. The van der Waals surface area contributed by atoms with Gasteiger partial charge in [-0.1, -0.05) is 24.3 Å². The van der Waals surface area contributed by atoms with E-state index in [4.69, 9.17) is 23.9 Å². The molecule has 5 amide bonds. The second-order valence-corrected chi connectivity index (χ2v) is 16.0. The number of imide groups is 2. The van der Waals surface area contributed by atoms with Crippen molar-refractivity contribution in [1.82, 2.24) is 34.9 Å². The summed E-state index contributed by atoms with van der Waals surface area (Å²) < 4.78 is 24.2. The molecule has 1 saturated heterocycles. The van der Waals surface area contributed by atoms with E-state index in [0.717, 1.165) is 44.8 Å². The Bertz CT molecular complexity index is 2600. The van der Waals surface area contributed by atoms with Crippen molar-refractivity contribution < 1.29 is 42.9 Å². The standard InChI is InChI=1S/C46H52N10O9/c1-28-5-4-6-29(2)40(28)51-41-36-25-48-46(52-42(36)54(3)53-41)49-33-8-7-30-13-15-55(26-31(30)23-33)39(58)27-65-22-21-64-20-19-63-18-17-62-16-14-47-32-9-10-34-35(24-32)45(61)56(44(34)60)37-11-12-38(57)50-43(37)59/h4-10,23-25,37,47H,11-22,26-27H2,1-3H3,(H,51,53)(H,48,49,52)(H,50,57,59). The van der Waals surface area contributed by atoms with Gasteiger partial charge >= 0.3 is 0 Å². The molecule has 65 heavy (non-hydrogen) atoms. The van der Waals surface area contributed by atoms with Gasteiger partial charge in [-0.25, -0.2) is 9.67 Å². The van der Waals surface area contributed by atoms with Crippen LogP contribution in [0.3, 0.4) is 0 Å². The Morgan fingerprint density at radius 3 is 2.26 bits per heavy atom. The highest BCUT2D eigenvalue weighted by Crippen LogP contribution is 2.31. The van der Waals surface area contributed by atoms with Crippen molar-refractivity contribution in [2.24, 2.45) is 7.05 Å². The van der Waals surface area contributed by atoms with Crippen molar-refractivity contribution in [3.8, 4) is 0 Å². The first-order valence-corrected chi connectivity index (χ1v) is 21.6. The number of nitrogens with zero attached hydrogens (tertiary/aromatic N) is 6. The fourth-order valence-electron chi connectivity index (χ4n) is 8.06. The van der Waals surface area contributed by atoms with E-state index in [1.807, 2.05) is 25.2 Å². The number of rotatable bonds is 20. The average Bonchev–Trinajstić information content (AvgIpc) is 3.74. The number of anilines is 5. The van der Waals surface area contributed by atoms with Crippen LogP contribution in [-0.4, -0.2) is 131 Å². The second-order valence-electron chi connectivity index (χ2n) is 16.0. The third kappa shape index (κ3) is 10.4. The molecule has 2 aromatic heterocycles. The Kier molecular flexibility index (Phi) is 14.0. The van der Waals surface area contributed by atoms with Crippen molar-refractivity contribution in [2.45, 2.75) is 45.7 Å². The molecule has 0 saturated carbocycles. The molecular weight excluding hydrogens is 837 g/mol. The zero-order valence-corrected chi connectivity index (χ0v) is 36.6. The highest BCUT2D eigenvalue weighted by Gasteiger charge is 2.44. The first-order chi connectivity index (χ1) is 31.5. The van der Waals surface area contributed by atoms with Gasteiger partial charge in [0.15, 0.2) is 11.5 Å². The van der Waals surface area contributed by atoms with Crippen LogP contribution in [0.25, 0.3) is 11.0 Å². The summed E-state index contributed by atoms with van der Waals surface area (Å²) in [6.07, 6.45) is 2.69. The van der Waals surface area contributed by atoms with Gasteiger partial charge in [-0.3, -0.25) is 34.2 Å². The van der Waals surface area contributed by atoms with Crippen LogP contribution in [0.2, 0.25) is 0 Å². The molecule has 8 rings (SSSR count). The second kappa shape index (κ2) is 20.4. The quantitative estimate of drug-likeness (QED) is 0.0643. The Morgan fingerprint density at radius 2 is 1.51 bits per heavy atom. The molecule has 3 aliphatic heterocycles. The topological polar surface area (TPSA) is 220 Å². The molecule has 340 valence electrons. The molecule has 5 heterocycles. The van der Waals surface area contributed by atoms with E-state index >= 15 is 0 Å². The number of ether oxygens (including phenoxy) is 4. The van der Waals surface area contributed by atoms with Gasteiger partial charge in [0.25, 0.3) is 11.8 Å². The fraction of sp³-hybridized carbons (Fsp3) is 0.391. The van der Waals surface area contributed by atoms with Crippen molar-refractivity contribution in [1.29, 1.82) is 0 Å². The molecule has 0 radical (unpaired) electrons. The summed E-state index contributed by atoms with van der Waals surface area (Å²) in [6.45, 7) is 8.08. The van der Waals surface area contributed by atoms with Crippen LogP contribution in [0.1, 0.15) is 55.8 Å². The van der Waals surface area contributed by atoms with Crippen LogP contribution in [0.15, 0.2) is 60.8 Å². The lowest BCUT2D eigenvalue weighted by molar-refractivity contribution is -0.138. The van der Waals surface area contributed by atoms with Gasteiger partial charge < -0.3 is 39.8 Å². The summed E-state index contributed by atoms with van der Waals surface area (Å²) in [5.74, 6) is -1.11. The number of aromatic nitrogens is 4. The Balaban J connectivity index is 0.674. The molecule has 0 aliphatic carbocycles. The zero-order valence-electron chi connectivity index (χ0n) is 36.6. The van der Waals surface area contributed by atoms with E-state index in [9.17, 15) is 24.0 Å². The molecule has 5 aromatic rings. The lowest BCUT2D eigenvalue weighted by Gasteiger charge is -2.29. The number of carbonyl (C=O) groups excluding carboxylic acids is 5. The number of amides is 5. The van der Waals surface area contributed by atoms with Gasteiger partial charge in [0.1, 0.15) is 12.6 Å². The molecule has 19 heteroatoms. The van der Waals surface area contributed by atoms with Gasteiger partial charge in [-0.15, -0.1) is 0 Å². The number of aryl methyl sites for hydroxylation is 3. The monoisotopic (exact) mass is 888 g/mol. The van der Waals surface area contributed by atoms with E-state index < -0.39 is 29.7 Å². The number of para-hydroxylation sites is 1. The first kappa shape index (κ1) is 44.8. The highest BCUT2D eigenvalue weighted by molar-refractivity contribution is 6.23. The molecule has 19 nitrogen and oxygen atoms in total. The lowest BCUT2D eigenvalue weighted by Crippen LogP contribution is -2.54. The maximum absolute atomic E-state index is 13.0. The van der Waals surface area contributed by atoms with Gasteiger partial charge in [0.2, 0.25) is 23.7 Å². The van der Waals surface area contributed by atoms with Gasteiger partial charge in [-0.2, -0.15) is 10.1 Å².